The van der Waals surface area contributed by atoms with Crippen LogP contribution in [0.3, 0.4) is 0 Å². The minimum Gasteiger partial charge on any atom is -0.353 e. The van der Waals surface area contributed by atoms with E-state index in [1.165, 1.54) is 11.5 Å². The fourth-order valence-electron chi connectivity index (χ4n) is 1.70. The molecule has 0 saturated carbocycles. The number of carbonyl (C=O) groups excluding carboxylic acids is 1. The Labute approximate surface area is 107 Å². The van der Waals surface area contributed by atoms with Crippen LogP contribution >= 0.6 is 23.5 Å². The molecular formula is C11H22N2OS2. The van der Waals surface area contributed by atoms with Crippen LogP contribution < -0.4 is 11.1 Å². The van der Waals surface area contributed by atoms with Gasteiger partial charge in [0.05, 0.1) is 5.54 Å². The molecule has 1 amide bonds. The highest BCUT2D eigenvalue weighted by atomic mass is 32.2. The number of nitrogens with one attached hydrogen (secondary N) is 1. The van der Waals surface area contributed by atoms with Crippen LogP contribution in [0.5, 0.6) is 0 Å². The third kappa shape index (κ3) is 4.55. The van der Waals surface area contributed by atoms with Crippen molar-refractivity contribution in [2.45, 2.75) is 37.5 Å². The lowest BCUT2D eigenvalue weighted by Gasteiger charge is -2.26. The molecule has 1 fully saturated rings. The van der Waals surface area contributed by atoms with Crippen LogP contribution in [0.4, 0.5) is 0 Å². The molecule has 0 bridgehead atoms. The summed E-state index contributed by atoms with van der Waals surface area (Å²) < 4.78 is 0. The number of hydrogen-bond acceptors (Lipinski definition) is 4. The molecule has 1 saturated heterocycles. The first-order chi connectivity index (χ1) is 7.56. The Morgan fingerprint density at radius 2 is 2.31 bits per heavy atom. The minimum atomic E-state index is -0.707. The Balaban J connectivity index is 2.28. The molecule has 0 spiro atoms. The molecular weight excluding hydrogens is 240 g/mol. The molecule has 0 aromatic heterocycles. The van der Waals surface area contributed by atoms with Gasteiger partial charge in [-0.15, -0.1) is 0 Å². The predicted molar refractivity (Wildman–Crippen MR) is 74.1 cm³/mol. The molecule has 0 radical (unpaired) electrons. The summed E-state index contributed by atoms with van der Waals surface area (Å²) in [6.45, 7) is 4.62. The van der Waals surface area contributed by atoms with E-state index < -0.39 is 5.54 Å². The zero-order chi connectivity index (χ0) is 12.0. The summed E-state index contributed by atoms with van der Waals surface area (Å²) in [6.07, 6.45) is 1.68. The summed E-state index contributed by atoms with van der Waals surface area (Å²) in [5.41, 5.74) is 5.26. The summed E-state index contributed by atoms with van der Waals surface area (Å²) in [5.74, 6) is 3.56. The van der Waals surface area contributed by atoms with Gasteiger partial charge in [-0.3, -0.25) is 4.79 Å². The standard InChI is InChI=1S/C11H22N2OS2/c1-3-4-11(2,12)10(14)13-7-9-8-15-5-6-16-9/h9H,3-8,12H2,1-2H3,(H,13,14). The van der Waals surface area contributed by atoms with Gasteiger partial charge >= 0.3 is 0 Å². The third-order valence-electron chi connectivity index (χ3n) is 2.66. The molecule has 94 valence electrons. The maximum Gasteiger partial charge on any atom is 0.239 e. The molecule has 0 aromatic rings. The van der Waals surface area contributed by atoms with Crippen LogP contribution in [-0.2, 0) is 4.79 Å². The first-order valence-electron chi connectivity index (χ1n) is 5.83. The zero-order valence-corrected chi connectivity index (χ0v) is 11.8. The SMILES string of the molecule is CCCC(C)(N)C(=O)NCC1CSCCS1. The lowest BCUT2D eigenvalue weighted by Crippen LogP contribution is -2.52. The summed E-state index contributed by atoms with van der Waals surface area (Å²) >= 11 is 3.92. The predicted octanol–water partition coefficient (Wildman–Crippen LogP) is 1.47. The van der Waals surface area contributed by atoms with E-state index in [1.54, 1.807) is 0 Å². The maximum atomic E-state index is 11.8. The Hall–Kier alpha value is 0.130. The summed E-state index contributed by atoms with van der Waals surface area (Å²) in [5, 5.41) is 3.54. The minimum absolute atomic E-state index is 0.00877. The third-order valence-corrected chi connectivity index (χ3v) is 5.51. The van der Waals surface area contributed by atoms with E-state index in [4.69, 9.17) is 5.73 Å². The molecule has 3 N–H and O–H groups in total. The smallest absolute Gasteiger partial charge is 0.239 e. The van der Waals surface area contributed by atoms with Crippen molar-refractivity contribution in [1.82, 2.24) is 5.32 Å². The van der Waals surface area contributed by atoms with Gasteiger partial charge in [0.1, 0.15) is 0 Å². The van der Waals surface area contributed by atoms with E-state index in [9.17, 15) is 4.79 Å². The van der Waals surface area contributed by atoms with Gasteiger partial charge in [-0.2, -0.15) is 23.5 Å². The average Bonchev–Trinajstić information content (AvgIpc) is 2.27. The van der Waals surface area contributed by atoms with Gasteiger partial charge in [-0.25, -0.2) is 0 Å². The number of hydrogen-bond donors (Lipinski definition) is 2. The van der Waals surface area contributed by atoms with Gasteiger partial charge in [0, 0.05) is 29.1 Å². The molecule has 1 aliphatic rings. The van der Waals surface area contributed by atoms with E-state index >= 15 is 0 Å². The van der Waals surface area contributed by atoms with Crippen molar-refractivity contribution in [3.8, 4) is 0 Å². The maximum absolute atomic E-state index is 11.8. The molecule has 0 aromatic carbocycles. The highest BCUT2D eigenvalue weighted by molar-refractivity contribution is 8.06. The van der Waals surface area contributed by atoms with Crippen molar-refractivity contribution in [2.75, 3.05) is 23.8 Å². The quantitative estimate of drug-likeness (QED) is 0.788. The Morgan fingerprint density at radius 3 is 2.88 bits per heavy atom. The summed E-state index contributed by atoms with van der Waals surface area (Å²) in [6, 6.07) is 0. The van der Waals surface area contributed by atoms with E-state index in [2.05, 4.69) is 5.32 Å². The molecule has 16 heavy (non-hydrogen) atoms. The van der Waals surface area contributed by atoms with Gasteiger partial charge in [-0.05, 0) is 13.3 Å². The number of carbonyl (C=O) groups is 1. The van der Waals surface area contributed by atoms with E-state index in [1.807, 2.05) is 37.4 Å². The highest BCUT2D eigenvalue weighted by Gasteiger charge is 2.27. The van der Waals surface area contributed by atoms with E-state index in [0.29, 0.717) is 5.25 Å². The molecule has 5 heteroatoms. The molecule has 1 aliphatic heterocycles. The first-order valence-corrected chi connectivity index (χ1v) is 8.03. The van der Waals surface area contributed by atoms with Gasteiger partial charge < -0.3 is 11.1 Å². The number of amides is 1. The van der Waals surface area contributed by atoms with Crippen LogP contribution in [-0.4, -0.2) is 40.5 Å². The summed E-state index contributed by atoms with van der Waals surface area (Å²) in [4.78, 5) is 11.8. The molecule has 3 nitrogen and oxygen atoms in total. The van der Waals surface area contributed by atoms with Crippen molar-refractivity contribution < 1.29 is 4.79 Å². The van der Waals surface area contributed by atoms with E-state index in [0.717, 1.165) is 25.1 Å². The number of rotatable bonds is 5. The molecule has 1 heterocycles. The summed E-state index contributed by atoms with van der Waals surface area (Å²) in [7, 11) is 0. The van der Waals surface area contributed by atoms with Crippen LogP contribution in [0.2, 0.25) is 0 Å². The van der Waals surface area contributed by atoms with Crippen LogP contribution in [0.25, 0.3) is 0 Å². The Bertz CT molecular complexity index is 228. The fourth-order valence-corrected chi connectivity index (χ4v) is 4.31. The van der Waals surface area contributed by atoms with Crippen molar-refractivity contribution in [1.29, 1.82) is 0 Å². The number of nitrogens with two attached hydrogens (primary N) is 1. The normalized spacial score (nSPS) is 24.8. The monoisotopic (exact) mass is 262 g/mol. The topological polar surface area (TPSA) is 55.1 Å². The van der Waals surface area contributed by atoms with Crippen LogP contribution in [0.1, 0.15) is 26.7 Å². The van der Waals surface area contributed by atoms with Gasteiger partial charge in [0.2, 0.25) is 5.91 Å². The van der Waals surface area contributed by atoms with Crippen LogP contribution in [0.15, 0.2) is 0 Å². The molecule has 2 atom stereocenters. The van der Waals surface area contributed by atoms with E-state index in [-0.39, 0.29) is 5.91 Å². The second-order valence-electron chi connectivity index (χ2n) is 4.45. The van der Waals surface area contributed by atoms with Crippen molar-refractivity contribution in [3.05, 3.63) is 0 Å². The van der Waals surface area contributed by atoms with Crippen molar-refractivity contribution >= 4 is 29.4 Å². The largest absolute Gasteiger partial charge is 0.353 e. The average molecular weight is 262 g/mol. The van der Waals surface area contributed by atoms with Crippen molar-refractivity contribution in [2.24, 2.45) is 5.73 Å². The lowest BCUT2D eigenvalue weighted by molar-refractivity contribution is -0.126. The Kier molecular flexibility index (Phi) is 6.00. The van der Waals surface area contributed by atoms with Crippen molar-refractivity contribution in [3.63, 3.8) is 0 Å². The van der Waals surface area contributed by atoms with Gasteiger partial charge in [0.15, 0.2) is 0 Å². The van der Waals surface area contributed by atoms with Gasteiger partial charge in [-0.1, -0.05) is 13.3 Å². The van der Waals surface area contributed by atoms with Crippen LogP contribution in [0, 0.1) is 0 Å². The molecule has 1 rings (SSSR count). The van der Waals surface area contributed by atoms with Gasteiger partial charge in [0.25, 0.3) is 0 Å². The lowest BCUT2D eigenvalue weighted by atomic mass is 9.96. The highest BCUT2D eigenvalue weighted by Crippen LogP contribution is 2.23. The second kappa shape index (κ2) is 6.77. The molecule has 0 aliphatic carbocycles. The fraction of sp³-hybridized carbons (Fsp3) is 0.909. The Morgan fingerprint density at radius 1 is 1.56 bits per heavy atom. The first kappa shape index (κ1) is 14.2. The molecule has 2 unspecified atom stereocenters. The zero-order valence-electron chi connectivity index (χ0n) is 10.1. The number of thioether (sulfide) groups is 2. The second-order valence-corrected chi connectivity index (χ2v) is 7.00.